The number of aliphatic hydroxyl groups excluding tert-OH is 1. The van der Waals surface area contributed by atoms with Gasteiger partial charge in [0.15, 0.2) is 0 Å². The normalized spacial score (nSPS) is 15.2. The van der Waals surface area contributed by atoms with Gasteiger partial charge in [-0.25, -0.2) is 9.97 Å². The van der Waals surface area contributed by atoms with Crippen LogP contribution in [0.3, 0.4) is 0 Å². The van der Waals surface area contributed by atoms with Gasteiger partial charge in [-0.3, -0.25) is 10.00 Å². The zero-order valence-corrected chi connectivity index (χ0v) is 17.3. The minimum Gasteiger partial charge on any atom is -0.395 e. The fraction of sp³-hybridized carbons (Fsp3) is 0.381. The molecule has 1 fully saturated rings. The van der Waals surface area contributed by atoms with Crippen LogP contribution in [0.1, 0.15) is 11.1 Å². The Kier molecular flexibility index (Phi) is 6.56. The molecule has 0 atom stereocenters. The highest BCUT2D eigenvalue weighted by Crippen LogP contribution is 2.29. The predicted octanol–water partition coefficient (Wildman–Crippen LogP) is 2.61. The summed E-state index contributed by atoms with van der Waals surface area (Å²) in [5.74, 6) is 1.25. The molecule has 11 heteroatoms. The van der Waals surface area contributed by atoms with Gasteiger partial charge in [0.05, 0.1) is 24.1 Å². The molecule has 0 bridgehead atoms. The average Bonchev–Trinajstić information content (AvgIpc) is 3.26. The number of anilines is 2. The first-order valence-electron chi connectivity index (χ1n) is 10.3. The lowest BCUT2D eigenvalue weighted by atomic mass is 10.1. The molecule has 0 saturated carbocycles. The second-order valence-electron chi connectivity index (χ2n) is 7.52. The number of hydrogen-bond donors (Lipinski definition) is 3. The summed E-state index contributed by atoms with van der Waals surface area (Å²) < 4.78 is 38.2. The maximum Gasteiger partial charge on any atom is 0.417 e. The Bertz CT molecular complexity index is 997. The molecule has 0 unspecified atom stereocenters. The van der Waals surface area contributed by atoms with Gasteiger partial charge >= 0.3 is 6.18 Å². The molecule has 0 amide bonds. The summed E-state index contributed by atoms with van der Waals surface area (Å²) in [5, 5.41) is 19.1. The van der Waals surface area contributed by atoms with Gasteiger partial charge in [-0.2, -0.15) is 18.3 Å². The molecular weight excluding hydrogens is 423 g/mol. The smallest absolute Gasteiger partial charge is 0.395 e. The number of halogens is 3. The van der Waals surface area contributed by atoms with Crippen LogP contribution < -0.4 is 10.2 Å². The Morgan fingerprint density at radius 2 is 1.81 bits per heavy atom. The van der Waals surface area contributed by atoms with Crippen molar-refractivity contribution < 1.29 is 18.3 Å². The average molecular weight is 447 g/mol. The third kappa shape index (κ3) is 5.17. The van der Waals surface area contributed by atoms with Crippen molar-refractivity contribution in [1.82, 2.24) is 25.1 Å². The van der Waals surface area contributed by atoms with Crippen LogP contribution in [0.5, 0.6) is 0 Å². The molecule has 1 saturated heterocycles. The Balaban J connectivity index is 1.35. The molecule has 32 heavy (non-hydrogen) atoms. The summed E-state index contributed by atoms with van der Waals surface area (Å²) in [5.41, 5.74) is 2.13. The maximum atomic E-state index is 12.7. The van der Waals surface area contributed by atoms with Crippen LogP contribution in [-0.4, -0.2) is 69.5 Å². The fourth-order valence-corrected chi connectivity index (χ4v) is 3.63. The molecule has 0 radical (unpaired) electrons. The Labute approximate surface area is 183 Å². The summed E-state index contributed by atoms with van der Waals surface area (Å²) in [6, 6.07) is 6.30. The van der Waals surface area contributed by atoms with Crippen molar-refractivity contribution in [2.45, 2.75) is 12.7 Å². The number of H-pyrrole nitrogens is 1. The summed E-state index contributed by atoms with van der Waals surface area (Å²) in [7, 11) is 0. The minimum absolute atomic E-state index is 0.0380. The van der Waals surface area contributed by atoms with E-state index in [0.29, 0.717) is 37.8 Å². The Morgan fingerprint density at radius 1 is 1.00 bits per heavy atom. The number of nitrogens with one attached hydrogen (secondary N) is 2. The van der Waals surface area contributed by atoms with Gasteiger partial charge in [-0.15, -0.1) is 0 Å². The van der Waals surface area contributed by atoms with E-state index in [1.807, 2.05) is 17.0 Å². The topological polar surface area (TPSA) is 93.2 Å². The van der Waals surface area contributed by atoms with E-state index in [2.05, 4.69) is 30.4 Å². The summed E-state index contributed by atoms with van der Waals surface area (Å²) in [4.78, 5) is 12.6. The molecule has 4 heterocycles. The van der Waals surface area contributed by atoms with E-state index in [4.69, 9.17) is 5.11 Å². The molecular formula is C21H24F3N7O. The minimum atomic E-state index is -4.38. The van der Waals surface area contributed by atoms with E-state index in [0.717, 1.165) is 42.2 Å². The van der Waals surface area contributed by atoms with Gasteiger partial charge in [0.1, 0.15) is 11.6 Å². The van der Waals surface area contributed by atoms with Gasteiger partial charge in [0, 0.05) is 62.8 Å². The van der Waals surface area contributed by atoms with Gasteiger partial charge in [0.25, 0.3) is 0 Å². The third-order valence-electron chi connectivity index (χ3n) is 5.35. The quantitative estimate of drug-likeness (QED) is 0.513. The summed E-state index contributed by atoms with van der Waals surface area (Å²) in [6.07, 6.45) is 0.0678. The zero-order valence-electron chi connectivity index (χ0n) is 17.3. The molecule has 0 aliphatic carbocycles. The molecule has 4 rings (SSSR count). The van der Waals surface area contributed by atoms with E-state index in [-0.39, 0.29) is 6.61 Å². The lowest BCUT2D eigenvalue weighted by molar-refractivity contribution is -0.137. The van der Waals surface area contributed by atoms with Crippen molar-refractivity contribution in [2.75, 3.05) is 49.5 Å². The maximum absolute atomic E-state index is 12.7. The largest absolute Gasteiger partial charge is 0.417 e. The van der Waals surface area contributed by atoms with Gasteiger partial charge in [-0.05, 0) is 24.3 Å². The number of piperazine rings is 1. The van der Waals surface area contributed by atoms with Crippen LogP contribution in [0, 0.1) is 0 Å². The number of rotatable bonds is 7. The first kappa shape index (κ1) is 22.0. The number of aromatic amines is 1. The van der Waals surface area contributed by atoms with Crippen LogP contribution in [0.15, 0.2) is 42.9 Å². The molecule has 0 spiro atoms. The lowest BCUT2D eigenvalue weighted by Crippen LogP contribution is -2.46. The van der Waals surface area contributed by atoms with Crippen molar-refractivity contribution in [2.24, 2.45) is 0 Å². The van der Waals surface area contributed by atoms with Crippen LogP contribution in [0.2, 0.25) is 0 Å². The monoisotopic (exact) mass is 447 g/mol. The Morgan fingerprint density at radius 3 is 2.44 bits per heavy atom. The van der Waals surface area contributed by atoms with Crippen molar-refractivity contribution >= 4 is 11.6 Å². The molecule has 1 aliphatic heterocycles. The summed E-state index contributed by atoms with van der Waals surface area (Å²) >= 11 is 0. The van der Waals surface area contributed by atoms with Gasteiger partial charge in [0.2, 0.25) is 0 Å². The van der Waals surface area contributed by atoms with E-state index >= 15 is 0 Å². The van der Waals surface area contributed by atoms with Crippen LogP contribution >= 0.6 is 0 Å². The zero-order chi connectivity index (χ0) is 22.6. The number of aromatic nitrogens is 4. The molecule has 3 aromatic rings. The molecule has 3 N–H and O–H groups in total. The third-order valence-corrected chi connectivity index (χ3v) is 5.35. The van der Waals surface area contributed by atoms with E-state index < -0.39 is 11.7 Å². The second-order valence-corrected chi connectivity index (χ2v) is 7.52. The molecule has 3 aromatic heterocycles. The molecule has 0 aromatic carbocycles. The highest BCUT2D eigenvalue weighted by Gasteiger charge is 2.31. The molecule has 8 nitrogen and oxygen atoms in total. The van der Waals surface area contributed by atoms with E-state index in [1.165, 1.54) is 6.07 Å². The van der Waals surface area contributed by atoms with Crippen LogP contribution in [-0.2, 0) is 12.7 Å². The number of alkyl halides is 3. The highest BCUT2D eigenvalue weighted by atomic mass is 19.4. The number of pyridine rings is 2. The SMILES string of the molecule is OCCNc1ccc(-c2[nH]ncc2CN2CCN(c3ccc(C(F)(F)F)cn3)CC2)cn1. The number of nitrogens with zero attached hydrogens (tertiary/aromatic N) is 5. The van der Waals surface area contributed by atoms with Crippen LogP contribution in [0.25, 0.3) is 11.3 Å². The molecule has 1 aliphatic rings. The highest BCUT2D eigenvalue weighted by molar-refractivity contribution is 5.63. The van der Waals surface area contributed by atoms with Crippen molar-refractivity contribution in [3.05, 3.63) is 54.0 Å². The fourth-order valence-electron chi connectivity index (χ4n) is 3.63. The number of aliphatic hydroxyl groups is 1. The first-order chi connectivity index (χ1) is 15.4. The Hall–Kier alpha value is -3.18. The number of hydrogen-bond acceptors (Lipinski definition) is 7. The summed E-state index contributed by atoms with van der Waals surface area (Å²) in [6.45, 7) is 4.05. The second kappa shape index (κ2) is 9.53. The van der Waals surface area contributed by atoms with Crippen LogP contribution in [0.4, 0.5) is 24.8 Å². The van der Waals surface area contributed by atoms with Gasteiger partial charge in [-0.1, -0.05) is 0 Å². The standard InChI is InChI=1S/C21H24F3N7O/c22-21(23,24)17-2-4-19(27-13-17)31-8-6-30(7-9-31)14-16-12-28-29-20(16)15-1-3-18(26-11-15)25-5-10-32/h1-4,11-13,32H,5-10,14H2,(H,25,26)(H,28,29). The molecule has 170 valence electrons. The predicted molar refractivity (Wildman–Crippen MR) is 114 cm³/mol. The van der Waals surface area contributed by atoms with Crippen molar-refractivity contribution in [1.29, 1.82) is 0 Å². The lowest BCUT2D eigenvalue weighted by Gasteiger charge is -2.35. The van der Waals surface area contributed by atoms with Crippen molar-refractivity contribution in [3.63, 3.8) is 0 Å². The van der Waals surface area contributed by atoms with E-state index in [1.54, 1.807) is 12.4 Å². The van der Waals surface area contributed by atoms with E-state index in [9.17, 15) is 13.2 Å². The van der Waals surface area contributed by atoms with Gasteiger partial charge < -0.3 is 15.3 Å². The van der Waals surface area contributed by atoms with Crippen molar-refractivity contribution in [3.8, 4) is 11.3 Å². The first-order valence-corrected chi connectivity index (χ1v) is 10.3.